The maximum Gasteiger partial charge on any atom is 0.308 e. The number of benzene rings is 1. The van der Waals surface area contributed by atoms with Gasteiger partial charge in [0.25, 0.3) is 0 Å². The van der Waals surface area contributed by atoms with Crippen LogP contribution in [0.1, 0.15) is 22.4 Å². The summed E-state index contributed by atoms with van der Waals surface area (Å²) in [6, 6.07) is 3.84. The summed E-state index contributed by atoms with van der Waals surface area (Å²) in [6.07, 6.45) is -0.124. The number of nitrogens with zero attached hydrogens (tertiary/aromatic N) is 1. The van der Waals surface area contributed by atoms with Gasteiger partial charge < -0.3 is 14.4 Å². The molecule has 0 unspecified atom stereocenters. The van der Waals surface area contributed by atoms with Crippen molar-refractivity contribution in [3.63, 3.8) is 0 Å². The highest BCUT2D eigenvalue weighted by molar-refractivity contribution is 5.77. The molecule has 2 aromatic rings. The fourth-order valence-corrected chi connectivity index (χ4v) is 2.10. The summed E-state index contributed by atoms with van der Waals surface area (Å²) in [7, 11) is 1.58. The van der Waals surface area contributed by atoms with Crippen molar-refractivity contribution in [3.8, 4) is 17.1 Å². The first-order chi connectivity index (χ1) is 9.43. The Balaban J connectivity index is 2.62. The Morgan fingerprint density at radius 3 is 2.55 bits per heavy atom. The number of ether oxygens (including phenoxy) is 1. The van der Waals surface area contributed by atoms with Crippen molar-refractivity contribution in [1.82, 2.24) is 5.16 Å². The molecule has 2 rings (SSSR count). The molecular formula is C15H17NO4. The highest BCUT2D eigenvalue weighted by Gasteiger charge is 2.21. The Morgan fingerprint density at radius 1 is 1.30 bits per heavy atom. The molecule has 20 heavy (non-hydrogen) atoms. The van der Waals surface area contributed by atoms with E-state index in [2.05, 4.69) is 5.16 Å². The number of aryl methyl sites for hydroxylation is 3. The number of hydrogen-bond donors (Lipinski definition) is 1. The van der Waals surface area contributed by atoms with Gasteiger partial charge in [-0.2, -0.15) is 0 Å². The molecule has 0 fully saturated rings. The van der Waals surface area contributed by atoms with Gasteiger partial charge in [0, 0.05) is 5.56 Å². The molecule has 0 aliphatic heterocycles. The van der Waals surface area contributed by atoms with Gasteiger partial charge in [-0.1, -0.05) is 5.16 Å². The van der Waals surface area contributed by atoms with E-state index in [1.54, 1.807) is 14.0 Å². The number of carbonyl (C=O) groups is 1. The Hall–Kier alpha value is -2.30. The number of carboxylic acids is 1. The molecule has 1 heterocycles. The first-order valence-corrected chi connectivity index (χ1v) is 6.26. The lowest BCUT2D eigenvalue weighted by Gasteiger charge is -2.10. The molecule has 1 N–H and O–H groups in total. The molecule has 0 radical (unpaired) electrons. The summed E-state index contributed by atoms with van der Waals surface area (Å²) in [6.45, 7) is 5.71. The second-order valence-corrected chi connectivity index (χ2v) is 4.78. The maximum atomic E-state index is 11.0. The van der Waals surface area contributed by atoms with Crippen molar-refractivity contribution in [1.29, 1.82) is 0 Å². The molecule has 0 amide bonds. The Labute approximate surface area is 117 Å². The van der Waals surface area contributed by atoms with Crippen molar-refractivity contribution in [3.05, 3.63) is 34.5 Å². The molecule has 0 aliphatic rings. The third kappa shape index (κ3) is 2.52. The second-order valence-electron chi connectivity index (χ2n) is 4.78. The van der Waals surface area contributed by atoms with E-state index in [-0.39, 0.29) is 6.42 Å². The predicted molar refractivity (Wildman–Crippen MR) is 74.0 cm³/mol. The fraction of sp³-hybridized carbons (Fsp3) is 0.333. The van der Waals surface area contributed by atoms with Crippen LogP contribution < -0.4 is 4.74 Å². The van der Waals surface area contributed by atoms with Crippen LogP contribution in [0.2, 0.25) is 0 Å². The van der Waals surface area contributed by atoms with Gasteiger partial charge in [0.2, 0.25) is 0 Å². The average Bonchev–Trinajstić information content (AvgIpc) is 2.73. The molecule has 5 heteroatoms. The van der Waals surface area contributed by atoms with Crippen molar-refractivity contribution < 1.29 is 19.2 Å². The number of hydrogen-bond acceptors (Lipinski definition) is 4. The Bertz CT molecular complexity index is 658. The van der Waals surface area contributed by atoms with Gasteiger partial charge in [0.1, 0.15) is 5.75 Å². The lowest BCUT2D eigenvalue weighted by atomic mass is 9.99. The van der Waals surface area contributed by atoms with E-state index >= 15 is 0 Å². The van der Waals surface area contributed by atoms with E-state index < -0.39 is 5.97 Å². The molecule has 1 aromatic heterocycles. The van der Waals surface area contributed by atoms with Gasteiger partial charge >= 0.3 is 5.97 Å². The van der Waals surface area contributed by atoms with Gasteiger partial charge in [0.15, 0.2) is 5.76 Å². The van der Waals surface area contributed by atoms with Crippen molar-refractivity contribution >= 4 is 5.97 Å². The molecule has 0 saturated heterocycles. The monoisotopic (exact) mass is 275 g/mol. The van der Waals surface area contributed by atoms with Gasteiger partial charge in [-0.05, 0) is 44.0 Å². The van der Waals surface area contributed by atoms with Gasteiger partial charge in [-0.3, -0.25) is 4.79 Å². The summed E-state index contributed by atoms with van der Waals surface area (Å²) < 4.78 is 10.7. The molecule has 0 spiro atoms. The molecule has 1 aromatic carbocycles. The van der Waals surface area contributed by atoms with Crippen LogP contribution in [0.3, 0.4) is 0 Å². The highest BCUT2D eigenvalue weighted by Crippen LogP contribution is 2.35. The number of methoxy groups -OCH3 is 1. The zero-order valence-corrected chi connectivity index (χ0v) is 12.0. The third-order valence-electron chi connectivity index (χ3n) is 3.37. The van der Waals surface area contributed by atoms with E-state index in [1.165, 1.54) is 0 Å². The Kier molecular flexibility index (Phi) is 3.79. The van der Waals surface area contributed by atoms with Crippen LogP contribution in [0, 0.1) is 20.8 Å². The van der Waals surface area contributed by atoms with Gasteiger partial charge in [0.05, 0.1) is 24.8 Å². The second kappa shape index (κ2) is 5.36. The molecule has 106 valence electrons. The molecule has 0 saturated carbocycles. The normalized spacial score (nSPS) is 10.6. The lowest BCUT2D eigenvalue weighted by molar-refractivity contribution is -0.136. The fourth-order valence-electron chi connectivity index (χ4n) is 2.10. The summed E-state index contributed by atoms with van der Waals surface area (Å²) in [5, 5.41) is 12.9. The summed E-state index contributed by atoms with van der Waals surface area (Å²) in [5.41, 5.74) is 4.08. The smallest absolute Gasteiger partial charge is 0.308 e. The largest absolute Gasteiger partial charge is 0.496 e. The number of rotatable bonds is 4. The summed E-state index contributed by atoms with van der Waals surface area (Å²) in [4.78, 5) is 11.0. The predicted octanol–water partition coefficient (Wildman–Crippen LogP) is 2.90. The zero-order chi connectivity index (χ0) is 14.9. The zero-order valence-electron chi connectivity index (χ0n) is 12.0. The Morgan fingerprint density at radius 2 is 1.95 bits per heavy atom. The number of aliphatic carboxylic acids is 1. The molecule has 0 atom stereocenters. The minimum atomic E-state index is -0.916. The quantitative estimate of drug-likeness (QED) is 0.928. The molecular weight excluding hydrogens is 258 g/mol. The van der Waals surface area contributed by atoms with Gasteiger partial charge in [-0.15, -0.1) is 0 Å². The summed E-state index contributed by atoms with van der Waals surface area (Å²) in [5.74, 6) is 0.195. The van der Waals surface area contributed by atoms with Crippen LogP contribution in [-0.4, -0.2) is 23.3 Å². The van der Waals surface area contributed by atoms with Crippen LogP contribution in [0.15, 0.2) is 16.7 Å². The van der Waals surface area contributed by atoms with E-state index in [0.29, 0.717) is 22.8 Å². The summed E-state index contributed by atoms with van der Waals surface area (Å²) >= 11 is 0. The van der Waals surface area contributed by atoms with E-state index in [9.17, 15) is 4.79 Å². The van der Waals surface area contributed by atoms with Crippen molar-refractivity contribution in [2.75, 3.05) is 7.11 Å². The molecule has 0 bridgehead atoms. The van der Waals surface area contributed by atoms with Crippen LogP contribution in [-0.2, 0) is 11.2 Å². The van der Waals surface area contributed by atoms with Crippen molar-refractivity contribution in [2.24, 2.45) is 0 Å². The standard InChI is InChI=1S/C15H17NO4/c1-8-5-12(13(19-4)6-9(8)2)15-11(7-14(17)18)10(3)16-20-15/h5-6H,7H2,1-4H3,(H,17,18). The molecule has 5 nitrogen and oxygen atoms in total. The van der Waals surface area contributed by atoms with E-state index in [1.807, 2.05) is 26.0 Å². The van der Waals surface area contributed by atoms with Crippen LogP contribution in [0.4, 0.5) is 0 Å². The van der Waals surface area contributed by atoms with E-state index in [0.717, 1.165) is 16.7 Å². The van der Waals surface area contributed by atoms with Crippen molar-refractivity contribution in [2.45, 2.75) is 27.2 Å². The number of aromatic nitrogens is 1. The van der Waals surface area contributed by atoms with Crippen LogP contribution >= 0.6 is 0 Å². The third-order valence-corrected chi connectivity index (χ3v) is 3.37. The first-order valence-electron chi connectivity index (χ1n) is 6.26. The average molecular weight is 275 g/mol. The maximum absolute atomic E-state index is 11.0. The minimum Gasteiger partial charge on any atom is -0.496 e. The lowest BCUT2D eigenvalue weighted by Crippen LogP contribution is -2.02. The first kappa shape index (κ1) is 14.1. The van der Waals surface area contributed by atoms with Crippen LogP contribution in [0.25, 0.3) is 11.3 Å². The van der Waals surface area contributed by atoms with E-state index in [4.69, 9.17) is 14.4 Å². The molecule has 0 aliphatic carbocycles. The number of carboxylic acid groups (broad SMARTS) is 1. The highest BCUT2D eigenvalue weighted by atomic mass is 16.5. The topological polar surface area (TPSA) is 72.6 Å². The minimum absolute atomic E-state index is 0.124. The SMILES string of the molecule is COc1cc(C)c(C)cc1-c1onc(C)c1CC(=O)O. The van der Waals surface area contributed by atoms with Gasteiger partial charge in [-0.25, -0.2) is 0 Å². The van der Waals surface area contributed by atoms with Crippen LogP contribution in [0.5, 0.6) is 5.75 Å².